The molecule has 1 heterocycles. The number of rotatable bonds is 4. The molecule has 0 bridgehead atoms. The first-order valence-electron chi connectivity index (χ1n) is 7.56. The van der Waals surface area contributed by atoms with Gasteiger partial charge >= 0.3 is 0 Å². The Hall–Kier alpha value is -3.39. The van der Waals surface area contributed by atoms with Crippen LogP contribution in [0.1, 0.15) is 28.7 Å². The Bertz CT molecular complexity index is 889. The van der Waals surface area contributed by atoms with Crippen molar-refractivity contribution in [2.75, 3.05) is 0 Å². The minimum absolute atomic E-state index is 0.00300. The van der Waals surface area contributed by atoms with Gasteiger partial charge in [0.2, 0.25) is 0 Å². The van der Waals surface area contributed by atoms with Gasteiger partial charge in [-0.05, 0) is 0 Å². The zero-order valence-corrected chi connectivity index (χ0v) is 13.1. The van der Waals surface area contributed by atoms with Crippen LogP contribution < -0.4 is 0 Å². The van der Waals surface area contributed by atoms with Crippen molar-refractivity contribution in [1.82, 2.24) is 4.98 Å². The van der Waals surface area contributed by atoms with Crippen LogP contribution in [0.15, 0.2) is 78.0 Å². The fourth-order valence-electron chi connectivity index (χ4n) is 2.48. The molecule has 122 valence electrons. The number of alkyl halides is 2. The van der Waals surface area contributed by atoms with E-state index in [-0.39, 0.29) is 11.3 Å². The molecule has 2 aromatic carbocycles. The first kappa shape index (κ1) is 16.5. The van der Waals surface area contributed by atoms with Gasteiger partial charge < -0.3 is 0 Å². The molecule has 1 aromatic heterocycles. The molecule has 25 heavy (non-hydrogen) atoms. The quantitative estimate of drug-likeness (QED) is 0.627. The van der Waals surface area contributed by atoms with Gasteiger partial charge in [-0.2, -0.15) is 5.26 Å². The summed E-state index contributed by atoms with van der Waals surface area (Å²) in [7, 11) is 0. The van der Waals surface area contributed by atoms with Gasteiger partial charge in [0.1, 0.15) is 6.07 Å². The Morgan fingerprint density at radius 2 is 1.48 bits per heavy atom. The van der Waals surface area contributed by atoms with Crippen LogP contribution in [0, 0.1) is 11.3 Å². The Labute approximate surface area is 143 Å². The van der Waals surface area contributed by atoms with Gasteiger partial charge in [-0.15, -0.1) is 0 Å². The Morgan fingerprint density at radius 1 is 0.920 bits per heavy atom. The van der Waals surface area contributed by atoms with Gasteiger partial charge in [0.15, 0.2) is 0 Å². The highest BCUT2D eigenvalue weighted by Gasteiger charge is 2.19. The maximum atomic E-state index is 13.5. The molecule has 0 radical (unpaired) electrons. The van der Waals surface area contributed by atoms with Crippen LogP contribution in [-0.2, 0) is 0 Å². The second-order valence-corrected chi connectivity index (χ2v) is 5.22. The fraction of sp³-hybridized carbons (Fsp3) is 0.0500. The monoisotopic (exact) mass is 333 g/mol. The van der Waals surface area contributed by atoms with Crippen molar-refractivity contribution < 1.29 is 8.78 Å². The summed E-state index contributed by atoms with van der Waals surface area (Å²) in [5, 5.41) is 9.09. The molecule has 3 nitrogen and oxygen atoms in total. The van der Waals surface area contributed by atoms with Gasteiger partial charge in [0.25, 0.3) is 6.43 Å². The molecule has 0 aliphatic heterocycles. The molecule has 3 aromatic rings. The molecule has 0 N–H and O–H groups in total. The van der Waals surface area contributed by atoms with Gasteiger partial charge in [-0.3, -0.25) is 4.98 Å². The number of aliphatic imine (C=N–C) groups is 1. The average molecular weight is 333 g/mol. The number of hydrogen-bond acceptors (Lipinski definition) is 3. The molecule has 0 aliphatic rings. The van der Waals surface area contributed by atoms with Crippen LogP contribution in [0.5, 0.6) is 0 Å². The SMILES string of the molecule is N#Cc1cncc(N=C(c2ccccc2)c2ccccc2)c1C(F)F. The maximum Gasteiger partial charge on any atom is 0.267 e. The summed E-state index contributed by atoms with van der Waals surface area (Å²) in [6, 6.07) is 20.3. The van der Waals surface area contributed by atoms with Crippen LogP contribution in [0.4, 0.5) is 14.5 Å². The van der Waals surface area contributed by atoms with Crippen LogP contribution in [0.2, 0.25) is 0 Å². The standard InChI is InChI=1S/C20H13F2N3/c21-20(22)18-16(11-23)12-24-13-17(18)25-19(14-7-3-1-4-8-14)15-9-5-2-6-10-15/h1-10,12-13,20H. The van der Waals surface area contributed by atoms with Crippen molar-refractivity contribution in [3.8, 4) is 6.07 Å². The third-order valence-electron chi connectivity index (χ3n) is 3.63. The summed E-state index contributed by atoms with van der Waals surface area (Å²) < 4.78 is 27.0. The predicted octanol–water partition coefficient (Wildman–Crippen LogP) is 5.06. The van der Waals surface area contributed by atoms with E-state index in [1.165, 1.54) is 6.20 Å². The smallest absolute Gasteiger partial charge is 0.261 e. The molecule has 0 saturated heterocycles. The molecule has 0 fully saturated rings. The lowest BCUT2D eigenvalue weighted by atomic mass is 10.0. The Morgan fingerprint density at radius 3 is 1.96 bits per heavy atom. The number of halogens is 2. The van der Waals surface area contributed by atoms with E-state index in [1.54, 1.807) is 6.07 Å². The van der Waals surface area contributed by atoms with Crippen molar-refractivity contribution >= 4 is 11.4 Å². The number of aromatic nitrogens is 1. The normalized spacial score (nSPS) is 10.3. The summed E-state index contributed by atoms with van der Waals surface area (Å²) in [5.74, 6) is 0. The Balaban J connectivity index is 2.24. The largest absolute Gasteiger partial charge is 0.267 e. The minimum atomic E-state index is -2.82. The second kappa shape index (κ2) is 7.45. The average Bonchev–Trinajstić information content (AvgIpc) is 2.67. The Kier molecular flexibility index (Phi) is 4.91. The lowest BCUT2D eigenvalue weighted by molar-refractivity contribution is 0.151. The van der Waals surface area contributed by atoms with Crippen LogP contribution in [-0.4, -0.2) is 10.7 Å². The van der Waals surface area contributed by atoms with Crippen molar-refractivity contribution in [2.45, 2.75) is 6.43 Å². The topological polar surface area (TPSA) is 49.0 Å². The molecule has 0 unspecified atom stereocenters. The first-order valence-corrected chi connectivity index (χ1v) is 7.56. The van der Waals surface area contributed by atoms with E-state index in [4.69, 9.17) is 5.26 Å². The van der Waals surface area contributed by atoms with Crippen molar-refractivity contribution in [2.24, 2.45) is 4.99 Å². The van der Waals surface area contributed by atoms with Gasteiger partial charge in [-0.25, -0.2) is 13.8 Å². The van der Waals surface area contributed by atoms with E-state index in [2.05, 4.69) is 9.98 Å². The van der Waals surface area contributed by atoms with E-state index in [0.717, 1.165) is 17.3 Å². The van der Waals surface area contributed by atoms with Gasteiger partial charge in [0, 0.05) is 17.3 Å². The van der Waals surface area contributed by atoms with Crippen LogP contribution in [0.3, 0.4) is 0 Å². The second-order valence-electron chi connectivity index (χ2n) is 5.22. The number of nitrogens with zero attached hydrogens (tertiary/aromatic N) is 3. The number of nitriles is 1. The molecule has 0 aliphatic carbocycles. The summed E-state index contributed by atoms with van der Waals surface area (Å²) in [6.07, 6.45) is -0.427. The lowest BCUT2D eigenvalue weighted by Crippen LogP contribution is -2.04. The highest BCUT2D eigenvalue weighted by atomic mass is 19.3. The first-order chi connectivity index (χ1) is 12.2. The summed E-state index contributed by atoms with van der Waals surface area (Å²) in [4.78, 5) is 8.33. The van der Waals surface area contributed by atoms with E-state index >= 15 is 0 Å². The molecule has 0 saturated carbocycles. The molecular formula is C20H13F2N3. The number of benzene rings is 2. The number of pyridine rings is 1. The van der Waals surface area contributed by atoms with Gasteiger partial charge in [-0.1, -0.05) is 60.7 Å². The molecule has 0 spiro atoms. The summed E-state index contributed by atoms with van der Waals surface area (Å²) in [6.45, 7) is 0. The van der Waals surface area contributed by atoms with Crippen molar-refractivity contribution in [3.63, 3.8) is 0 Å². The third-order valence-corrected chi connectivity index (χ3v) is 3.63. The lowest BCUT2D eigenvalue weighted by Gasteiger charge is -2.10. The summed E-state index contributed by atoms with van der Waals surface area (Å²) in [5.41, 5.74) is 1.54. The zero-order chi connectivity index (χ0) is 17.6. The predicted molar refractivity (Wildman–Crippen MR) is 92.1 cm³/mol. The molecule has 5 heteroatoms. The fourth-order valence-corrected chi connectivity index (χ4v) is 2.48. The van der Waals surface area contributed by atoms with Crippen molar-refractivity contribution in [1.29, 1.82) is 5.26 Å². The number of hydrogen-bond donors (Lipinski definition) is 0. The van der Waals surface area contributed by atoms with Crippen LogP contribution in [0.25, 0.3) is 0 Å². The minimum Gasteiger partial charge on any atom is -0.261 e. The molecule has 0 amide bonds. The van der Waals surface area contributed by atoms with Crippen molar-refractivity contribution in [3.05, 3.63) is 95.3 Å². The van der Waals surface area contributed by atoms with Gasteiger partial charge in [0.05, 0.1) is 28.7 Å². The van der Waals surface area contributed by atoms with E-state index in [9.17, 15) is 8.78 Å². The van der Waals surface area contributed by atoms with Crippen LogP contribution >= 0.6 is 0 Å². The van der Waals surface area contributed by atoms with E-state index in [0.29, 0.717) is 5.71 Å². The molecular weight excluding hydrogens is 320 g/mol. The highest BCUT2D eigenvalue weighted by molar-refractivity contribution is 6.14. The zero-order valence-electron chi connectivity index (χ0n) is 13.1. The van der Waals surface area contributed by atoms with E-state index < -0.39 is 12.0 Å². The molecule has 0 atom stereocenters. The molecule has 3 rings (SSSR count). The maximum absolute atomic E-state index is 13.5. The third kappa shape index (κ3) is 3.59. The highest BCUT2D eigenvalue weighted by Crippen LogP contribution is 2.32. The van der Waals surface area contributed by atoms with E-state index in [1.807, 2.05) is 60.7 Å². The summed E-state index contributed by atoms with van der Waals surface area (Å²) >= 11 is 0.